The highest BCUT2D eigenvalue weighted by Gasteiger charge is 2.80. The third-order valence-corrected chi connectivity index (χ3v) is 24.0. The van der Waals surface area contributed by atoms with Crippen LogP contribution in [-0.4, -0.2) is 203 Å². The van der Waals surface area contributed by atoms with Crippen LogP contribution in [0.3, 0.4) is 0 Å². The van der Waals surface area contributed by atoms with Crippen molar-refractivity contribution in [3.8, 4) is 24.3 Å². The SMILES string of the molecule is C.C#C.C=CCOC[C@@]1(O)[C@H](OC(C)=O)[C@]2(CC)C=CCN3CC[C@@]4(c5cc([C@@]6(C(=O)OC)C[C@@H]7C=C(CC)CN(CCc8c6[nH]c6ccccc86)C7)c(OC)cc5N(C)[C@@H]14)C32.C=CCOC[C@@]1(O)[C@H](OC(C)=O)[C@]2(CC)C=CCN3CC[C@@]4(c5ccc(OC)cc5N(C)[C@@H]14)C32. The predicted molar refractivity (Wildman–Crippen MR) is 375 cm³/mol. The van der Waals surface area contributed by atoms with Gasteiger partial charge in [-0.05, 0) is 98.8 Å². The molecule has 8 aliphatic heterocycles. The molecule has 0 radical (unpaired) electrons. The Hall–Kier alpha value is -7.21. The second-order valence-corrected chi connectivity index (χ2v) is 28.2. The number of aliphatic hydroxyl groups is 2. The molecular weight excluding hydrogens is 1210 g/mol. The zero-order chi connectivity index (χ0) is 67.8. The van der Waals surface area contributed by atoms with Crippen LogP contribution in [0.4, 0.5) is 11.4 Å². The highest BCUT2D eigenvalue weighted by molar-refractivity contribution is 5.94. The molecule has 2 bridgehead atoms. The van der Waals surface area contributed by atoms with Crippen molar-refractivity contribution in [1.29, 1.82) is 0 Å². The molecule has 14 rings (SSSR count). The van der Waals surface area contributed by atoms with Crippen molar-refractivity contribution in [3.05, 3.63) is 144 Å². The lowest BCUT2D eigenvalue weighted by Crippen LogP contribution is -2.80. The van der Waals surface area contributed by atoms with Gasteiger partial charge in [-0.1, -0.05) is 101 Å². The molecule has 2 aliphatic carbocycles. The number of nitrogens with one attached hydrogen (secondary N) is 1. The van der Waals surface area contributed by atoms with Gasteiger partial charge in [-0.2, -0.15) is 0 Å². The van der Waals surface area contributed by atoms with E-state index in [-0.39, 0.29) is 62.7 Å². The van der Waals surface area contributed by atoms with Gasteiger partial charge < -0.3 is 58.2 Å². The first-order valence-corrected chi connectivity index (χ1v) is 34.1. The molecule has 516 valence electrons. The fourth-order valence-electron chi connectivity index (χ4n) is 21.2. The maximum Gasteiger partial charge on any atom is 0.322 e. The number of hydrogen-bond donors (Lipinski definition) is 3. The monoisotopic (exact) mass is 1310 g/mol. The number of para-hydroxylation sites is 1. The molecule has 2 spiro atoms. The Balaban J connectivity index is 0.000000215. The van der Waals surface area contributed by atoms with Crippen LogP contribution in [0.15, 0.2) is 116 Å². The fourth-order valence-corrected chi connectivity index (χ4v) is 21.2. The highest BCUT2D eigenvalue weighted by Crippen LogP contribution is 2.70. The van der Waals surface area contributed by atoms with Crippen molar-refractivity contribution in [2.75, 3.05) is 117 Å². The fraction of sp³-hybridized carbons (Fsp3) is 0.551. The largest absolute Gasteiger partial charge is 0.497 e. The number of likely N-dealkylation sites (N-methyl/N-ethyl adjacent to an activating group) is 2. The van der Waals surface area contributed by atoms with Crippen LogP contribution in [0.5, 0.6) is 11.5 Å². The summed E-state index contributed by atoms with van der Waals surface area (Å²) in [5.74, 6) is 0.249. The number of H-pyrrole nitrogens is 1. The molecule has 1 aromatic heterocycles. The van der Waals surface area contributed by atoms with Gasteiger partial charge in [0.25, 0.3) is 0 Å². The molecule has 10 aliphatic rings. The molecule has 15 atom stereocenters. The van der Waals surface area contributed by atoms with Gasteiger partial charge in [0, 0.05) is 140 Å². The Morgan fingerprint density at radius 2 is 1.28 bits per heavy atom. The van der Waals surface area contributed by atoms with Gasteiger partial charge in [-0.3, -0.25) is 29.1 Å². The molecule has 18 nitrogen and oxygen atoms in total. The van der Waals surface area contributed by atoms with Crippen LogP contribution < -0.4 is 19.3 Å². The third kappa shape index (κ3) is 10.00. The van der Waals surface area contributed by atoms with Crippen LogP contribution in [-0.2, 0) is 60.7 Å². The quantitative estimate of drug-likeness (QED) is 0.0298. The molecule has 0 amide bonds. The molecule has 96 heavy (non-hydrogen) atoms. The van der Waals surface area contributed by atoms with Crippen LogP contribution in [0.2, 0.25) is 0 Å². The second-order valence-electron chi connectivity index (χ2n) is 28.2. The van der Waals surface area contributed by atoms with Crippen molar-refractivity contribution in [3.63, 3.8) is 0 Å². The zero-order valence-corrected chi connectivity index (χ0v) is 57.3. The standard InChI is InChI=1S/C48H60N4O7.C27H36N2O5.C2H2.CH4/c1-8-22-58-29-48(55)42-46(18-21-52-19-13-17-45(10-3,41(46)52)43(48)59-30(4)53)35-24-36(39(56-6)25-38(35)50(42)5)47(44(54)57-7)26-32-23-31(9-2)27-51(28-32)20-16-34-33-14-11-12-15-37(33)49-40(34)47;1-6-15-33-17-27(31)23-26(20-10-9-19(32-5)16-21(20)28(23)4)12-14-29-13-8-11-25(7-2,22(26)29)24(27)34-18(3)30;1-2;/h8,11-15,17,23-25,32,41-43,49,55H,1,9-10,16,18-22,26-29H2,2-7H3;6,8-11,16,22-24,31H,1,7,12-15,17H2,2-5H3;1-2H;1H4/t32-,41?,42+,43+,45+,46+,47-,48-;22?,23-,24-,25-,26-,27+;;/m01../s1. The van der Waals surface area contributed by atoms with Crippen LogP contribution >= 0.6 is 0 Å². The number of ether oxygens (including phenoxy) is 7. The van der Waals surface area contributed by atoms with Gasteiger partial charge in [0.1, 0.15) is 40.3 Å². The summed E-state index contributed by atoms with van der Waals surface area (Å²) >= 11 is 0. The molecule has 2 saturated heterocycles. The lowest BCUT2D eigenvalue weighted by atomic mass is 9.47. The number of carbonyl (C=O) groups excluding carboxylic acids is 3. The van der Waals surface area contributed by atoms with Gasteiger partial charge >= 0.3 is 17.9 Å². The summed E-state index contributed by atoms with van der Waals surface area (Å²) in [4.78, 5) is 56.7. The van der Waals surface area contributed by atoms with Crippen molar-refractivity contribution >= 4 is 40.2 Å². The van der Waals surface area contributed by atoms with Crippen LogP contribution in [0.1, 0.15) is 109 Å². The predicted octanol–water partition coefficient (Wildman–Crippen LogP) is 9.38. The van der Waals surface area contributed by atoms with Gasteiger partial charge in [0.05, 0.1) is 59.8 Å². The maximum absolute atomic E-state index is 15.3. The summed E-state index contributed by atoms with van der Waals surface area (Å²) in [7, 11) is 8.91. The number of aromatic nitrogens is 1. The minimum atomic E-state index is -1.64. The lowest BCUT2D eigenvalue weighted by molar-refractivity contribution is -0.232. The average Bonchev–Trinajstić information content (AvgIpc) is 1.45. The number of fused-ring (bicyclic) bond motifs is 7. The summed E-state index contributed by atoms with van der Waals surface area (Å²) in [6, 6.07) is 18.0. The molecule has 2 saturated carbocycles. The van der Waals surface area contributed by atoms with E-state index in [1.54, 1.807) is 26.4 Å². The second kappa shape index (κ2) is 26.6. The summed E-state index contributed by atoms with van der Waals surface area (Å²) in [6.45, 7) is 23.4. The van der Waals surface area contributed by atoms with E-state index < -0.39 is 63.1 Å². The van der Waals surface area contributed by atoms with E-state index in [4.69, 9.17) is 33.2 Å². The number of aromatic amines is 1. The van der Waals surface area contributed by atoms with E-state index >= 15 is 4.79 Å². The molecular formula is C78H102N6O12. The lowest BCUT2D eigenvalue weighted by Gasteiger charge is -2.64. The minimum absolute atomic E-state index is 0. The van der Waals surface area contributed by atoms with Gasteiger partial charge in [-0.15, -0.1) is 26.0 Å². The molecule has 3 unspecified atom stereocenters. The Labute approximate surface area is 568 Å². The average molecular weight is 1320 g/mol. The molecule has 18 heteroatoms. The first kappa shape index (κ1) is 70.1. The Morgan fingerprint density at radius 1 is 0.719 bits per heavy atom. The number of esters is 3. The molecule has 9 heterocycles. The van der Waals surface area contributed by atoms with E-state index in [0.717, 1.165) is 128 Å². The number of carbonyl (C=O) groups is 3. The summed E-state index contributed by atoms with van der Waals surface area (Å²) in [6.07, 6.45) is 26.1. The topological polar surface area (TPSA) is 188 Å². The van der Waals surface area contributed by atoms with Gasteiger partial charge in [0.2, 0.25) is 0 Å². The van der Waals surface area contributed by atoms with Gasteiger partial charge in [-0.25, -0.2) is 0 Å². The number of anilines is 2. The van der Waals surface area contributed by atoms with Crippen molar-refractivity contribution in [1.82, 2.24) is 19.7 Å². The number of benzene rings is 3. The molecule has 4 aromatic rings. The Kier molecular flexibility index (Phi) is 19.4. The van der Waals surface area contributed by atoms with Crippen LogP contribution in [0, 0.1) is 29.6 Å². The van der Waals surface area contributed by atoms with Crippen molar-refractivity contribution in [2.45, 2.75) is 151 Å². The van der Waals surface area contributed by atoms with Crippen molar-refractivity contribution in [2.24, 2.45) is 16.7 Å². The maximum atomic E-state index is 15.3. The zero-order valence-electron chi connectivity index (χ0n) is 57.3. The van der Waals surface area contributed by atoms with Crippen LogP contribution in [0.25, 0.3) is 10.9 Å². The minimum Gasteiger partial charge on any atom is -0.497 e. The van der Waals surface area contributed by atoms with Crippen molar-refractivity contribution < 1.29 is 57.8 Å². The Morgan fingerprint density at radius 3 is 1.80 bits per heavy atom. The normalized spacial score (nSPS) is 34.5. The smallest absolute Gasteiger partial charge is 0.322 e. The Bertz CT molecular complexity index is 3760. The first-order chi connectivity index (χ1) is 45.8. The van der Waals surface area contributed by atoms with E-state index in [1.807, 2.05) is 26.2 Å². The van der Waals surface area contributed by atoms with E-state index in [0.29, 0.717) is 25.2 Å². The molecule has 3 N–H and O–H groups in total. The highest BCUT2D eigenvalue weighted by atomic mass is 16.6. The number of hydrogen-bond acceptors (Lipinski definition) is 17. The number of nitrogens with zero attached hydrogens (tertiary/aromatic N) is 5. The molecule has 4 fully saturated rings. The van der Waals surface area contributed by atoms with E-state index in [1.165, 1.54) is 32.1 Å². The third-order valence-electron chi connectivity index (χ3n) is 24.0. The van der Waals surface area contributed by atoms with Gasteiger partial charge in [0.15, 0.2) is 0 Å². The molecule has 3 aromatic carbocycles. The summed E-state index contributed by atoms with van der Waals surface area (Å²) < 4.78 is 42.7. The first-order valence-electron chi connectivity index (χ1n) is 34.1. The summed E-state index contributed by atoms with van der Waals surface area (Å²) in [5.41, 5.74) is 2.67. The summed E-state index contributed by atoms with van der Waals surface area (Å²) in [5, 5.41) is 27.4. The van der Waals surface area contributed by atoms with E-state index in [2.05, 4.69) is 149 Å². The number of methoxy groups -OCH3 is 3. The van der Waals surface area contributed by atoms with E-state index in [9.17, 15) is 19.8 Å². The number of rotatable bonds is 17. The number of terminal acetylenes is 1.